The molecular weight excluding hydrogens is 491 g/mol. The topological polar surface area (TPSA) is 102 Å². The molecule has 1 aliphatic heterocycles. The van der Waals surface area contributed by atoms with E-state index in [1.165, 1.54) is 35.2 Å². The third-order valence-electron chi connectivity index (χ3n) is 5.79. The number of nitro benzene ring substituents is 1. The van der Waals surface area contributed by atoms with Gasteiger partial charge in [-0.05, 0) is 36.1 Å². The number of carbonyl (C=O) groups excluding carboxylic acids is 2. The van der Waals surface area contributed by atoms with E-state index in [1.54, 1.807) is 0 Å². The smallest absolute Gasteiger partial charge is 0.406 e. The monoisotopic (exact) mass is 509 g/mol. The number of rotatable bonds is 4. The second-order valence-electron chi connectivity index (χ2n) is 8.33. The summed E-state index contributed by atoms with van der Waals surface area (Å²) >= 11 is 5.91. The van der Waals surface area contributed by atoms with Crippen LogP contribution in [0.3, 0.4) is 0 Å². The van der Waals surface area contributed by atoms with Crippen molar-refractivity contribution in [1.29, 1.82) is 0 Å². The van der Waals surface area contributed by atoms with Crippen LogP contribution >= 0.6 is 11.6 Å². The van der Waals surface area contributed by atoms with E-state index in [1.807, 2.05) is 6.92 Å². The van der Waals surface area contributed by atoms with Gasteiger partial charge in [0.15, 0.2) is 5.78 Å². The fraction of sp³-hybridized carbons (Fsp3) is 0.304. The molecule has 1 amide bonds. The summed E-state index contributed by atoms with van der Waals surface area (Å²) in [6.07, 6.45) is -4.25. The molecule has 2 aliphatic rings. The molecule has 2 atom stereocenters. The molecule has 2 aromatic rings. The number of ether oxygens (including phenoxy) is 1. The molecule has 35 heavy (non-hydrogen) atoms. The number of ketones is 1. The lowest BCUT2D eigenvalue weighted by Crippen LogP contribution is -2.39. The van der Waals surface area contributed by atoms with Crippen LogP contribution < -0.4 is 15.0 Å². The molecule has 2 aromatic carbocycles. The van der Waals surface area contributed by atoms with Gasteiger partial charge >= 0.3 is 6.36 Å². The molecule has 2 unspecified atom stereocenters. The zero-order valence-corrected chi connectivity index (χ0v) is 19.0. The van der Waals surface area contributed by atoms with Crippen LogP contribution in [0.5, 0.6) is 5.75 Å². The van der Waals surface area contributed by atoms with Crippen LogP contribution in [0.15, 0.2) is 53.7 Å². The highest BCUT2D eigenvalue weighted by Gasteiger charge is 2.41. The highest BCUT2D eigenvalue weighted by atomic mass is 35.5. The zero-order chi connectivity index (χ0) is 25.5. The highest BCUT2D eigenvalue weighted by molar-refractivity contribution is 6.30. The van der Waals surface area contributed by atoms with Crippen molar-refractivity contribution in [3.8, 4) is 5.75 Å². The average Bonchev–Trinajstić information content (AvgIpc) is 2.91. The van der Waals surface area contributed by atoms with Gasteiger partial charge in [-0.3, -0.25) is 24.6 Å². The summed E-state index contributed by atoms with van der Waals surface area (Å²) in [6.45, 7) is 1.88. The Kier molecular flexibility index (Phi) is 6.46. The van der Waals surface area contributed by atoms with Crippen LogP contribution in [0.2, 0.25) is 0 Å². The number of benzene rings is 2. The molecule has 4 rings (SSSR count). The number of anilines is 2. The summed E-state index contributed by atoms with van der Waals surface area (Å²) in [5.41, 5.74) is 1.36. The van der Waals surface area contributed by atoms with Crippen LogP contribution in [-0.4, -0.2) is 28.9 Å². The molecular formula is C23H19ClF3N3O5. The normalized spacial score (nSPS) is 19.9. The van der Waals surface area contributed by atoms with E-state index in [-0.39, 0.29) is 40.8 Å². The van der Waals surface area contributed by atoms with Crippen molar-refractivity contribution in [2.75, 3.05) is 16.1 Å². The van der Waals surface area contributed by atoms with Gasteiger partial charge in [0.2, 0.25) is 5.91 Å². The Morgan fingerprint density at radius 2 is 1.91 bits per heavy atom. The van der Waals surface area contributed by atoms with Crippen molar-refractivity contribution >= 4 is 40.4 Å². The van der Waals surface area contributed by atoms with Gasteiger partial charge in [0.1, 0.15) is 11.6 Å². The zero-order valence-electron chi connectivity index (χ0n) is 18.3. The number of alkyl halides is 4. The number of nitrogens with zero attached hydrogens (tertiary/aromatic N) is 2. The van der Waals surface area contributed by atoms with Crippen molar-refractivity contribution in [2.24, 2.45) is 5.92 Å². The van der Waals surface area contributed by atoms with Crippen molar-refractivity contribution in [1.82, 2.24) is 0 Å². The number of allylic oxidation sites excluding steroid dienone is 1. The van der Waals surface area contributed by atoms with Gasteiger partial charge in [-0.1, -0.05) is 19.1 Å². The molecule has 12 heteroatoms. The molecule has 1 N–H and O–H groups in total. The molecule has 1 heterocycles. The van der Waals surface area contributed by atoms with E-state index >= 15 is 0 Å². The first-order valence-electron chi connectivity index (χ1n) is 10.5. The van der Waals surface area contributed by atoms with Crippen molar-refractivity contribution < 1.29 is 32.4 Å². The van der Waals surface area contributed by atoms with Crippen molar-refractivity contribution in [3.63, 3.8) is 0 Å². The fourth-order valence-corrected chi connectivity index (χ4v) is 4.58. The molecule has 0 saturated carbocycles. The Hall–Kier alpha value is -3.60. The lowest BCUT2D eigenvalue weighted by molar-refractivity contribution is -0.384. The largest absolute Gasteiger partial charge is 0.573 e. The second kappa shape index (κ2) is 9.21. The number of nitrogens with one attached hydrogen (secondary N) is 1. The number of carbonyl (C=O) groups is 2. The minimum absolute atomic E-state index is 0.0330. The Labute approximate surface area is 202 Å². The number of amides is 1. The summed E-state index contributed by atoms with van der Waals surface area (Å²) in [7, 11) is 0. The summed E-state index contributed by atoms with van der Waals surface area (Å²) in [4.78, 5) is 38.4. The summed E-state index contributed by atoms with van der Waals surface area (Å²) < 4.78 is 41.8. The number of hydrogen-bond acceptors (Lipinski definition) is 6. The minimum atomic E-state index is -4.88. The lowest BCUT2D eigenvalue weighted by atomic mass is 9.81. The number of halogens is 4. The van der Waals surface area contributed by atoms with Crippen molar-refractivity contribution in [2.45, 2.75) is 32.2 Å². The predicted molar refractivity (Wildman–Crippen MR) is 121 cm³/mol. The molecule has 0 fully saturated rings. The summed E-state index contributed by atoms with van der Waals surface area (Å²) in [6, 6.07) is 7.72. The molecule has 0 spiro atoms. The molecule has 1 aliphatic carbocycles. The molecule has 0 bridgehead atoms. The van der Waals surface area contributed by atoms with Crippen LogP contribution in [0.1, 0.15) is 31.4 Å². The van der Waals surface area contributed by atoms with E-state index in [4.69, 9.17) is 11.6 Å². The number of hydrogen-bond donors (Lipinski definition) is 1. The third kappa shape index (κ3) is 4.95. The van der Waals surface area contributed by atoms with Crippen LogP contribution in [0, 0.1) is 16.0 Å². The molecule has 0 aromatic heterocycles. The molecule has 184 valence electrons. The first kappa shape index (κ1) is 24.5. The van der Waals surface area contributed by atoms with E-state index < -0.39 is 34.9 Å². The summed E-state index contributed by atoms with van der Waals surface area (Å²) in [5, 5.41) is 14.5. The standard InChI is InChI=1S/C23H19ClF3N3O5/c1-12-8-17-21(19(31)9-12)22(13-2-5-15(6-3-13)35-23(25,26)27)29(20(32)11-24)18-7-4-14(30(33)34)10-16(18)28-17/h2-7,10,12,22,28H,8-9,11H2,1H3. The van der Waals surface area contributed by atoms with Gasteiger partial charge in [-0.2, -0.15) is 0 Å². The Morgan fingerprint density at radius 1 is 1.23 bits per heavy atom. The number of fused-ring (bicyclic) bond motifs is 1. The van der Waals surface area contributed by atoms with E-state index in [9.17, 15) is 32.9 Å². The summed E-state index contributed by atoms with van der Waals surface area (Å²) in [5.74, 6) is -1.80. The lowest BCUT2D eigenvalue weighted by Gasteiger charge is -2.34. The first-order chi connectivity index (χ1) is 16.5. The Bertz CT molecular complexity index is 1230. The number of non-ortho nitro benzene ring substituents is 1. The maximum Gasteiger partial charge on any atom is 0.573 e. The van der Waals surface area contributed by atoms with Gasteiger partial charge in [-0.15, -0.1) is 24.8 Å². The highest BCUT2D eigenvalue weighted by Crippen LogP contribution is 2.47. The van der Waals surface area contributed by atoms with Gasteiger partial charge < -0.3 is 10.1 Å². The number of Topliss-reactive ketones (excluding diaryl/α,β-unsaturated/α-hetero) is 1. The minimum Gasteiger partial charge on any atom is -0.406 e. The van der Waals surface area contributed by atoms with E-state index in [0.29, 0.717) is 17.7 Å². The Morgan fingerprint density at radius 3 is 2.51 bits per heavy atom. The molecule has 0 radical (unpaired) electrons. The fourth-order valence-electron chi connectivity index (χ4n) is 4.45. The maximum atomic E-state index is 13.3. The quantitative estimate of drug-likeness (QED) is 0.332. The maximum absolute atomic E-state index is 13.3. The second-order valence-corrected chi connectivity index (χ2v) is 8.60. The third-order valence-corrected chi connectivity index (χ3v) is 6.02. The Balaban J connectivity index is 1.93. The predicted octanol–water partition coefficient (Wildman–Crippen LogP) is 5.49. The first-order valence-corrected chi connectivity index (χ1v) is 11.1. The molecule has 8 nitrogen and oxygen atoms in total. The van der Waals surface area contributed by atoms with Gasteiger partial charge in [0.05, 0.1) is 22.3 Å². The van der Waals surface area contributed by atoms with Crippen molar-refractivity contribution in [3.05, 3.63) is 69.4 Å². The number of nitro groups is 1. The average molecular weight is 510 g/mol. The SMILES string of the molecule is CC1CC(=O)C2=C(C1)Nc1cc([N+](=O)[O-])ccc1N(C(=O)CCl)C2c1ccc(OC(F)(F)F)cc1. The van der Waals surface area contributed by atoms with Crippen LogP contribution in [0.25, 0.3) is 0 Å². The van der Waals surface area contributed by atoms with E-state index in [0.717, 1.165) is 12.1 Å². The van der Waals surface area contributed by atoms with E-state index in [2.05, 4.69) is 10.1 Å². The molecule has 0 saturated heterocycles. The van der Waals surface area contributed by atoms with Crippen LogP contribution in [0.4, 0.5) is 30.2 Å². The van der Waals surface area contributed by atoms with Gasteiger partial charge in [0.25, 0.3) is 5.69 Å². The van der Waals surface area contributed by atoms with Gasteiger partial charge in [-0.25, -0.2) is 0 Å². The van der Waals surface area contributed by atoms with Crippen LogP contribution in [-0.2, 0) is 9.59 Å². The van der Waals surface area contributed by atoms with Gasteiger partial charge in [0, 0.05) is 29.8 Å².